The van der Waals surface area contributed by atoms with Crippen molar-refractivity contribution in [3.8, 4) is 0 Å². The van der Waals surface area contributed by atoms with Gasteiger partial charge in [-0.1, -0.05) is 24.3 Å². The summed E-state index contributed by atoms with van der Waals surface area (Å²) in [6, 6.07) is 6.98. The number of benzene rings is 1. The zero-order valence-electron chi connectivity index (χ0n) is 17.9. The highest BCUT2D eigenvalue weighted by Gasteiger charge is 2.37. The van der Waals surface area contributed by atoms with E-state index in [2.05, 4.69) is 10.6 Å². The Hall–Kier alpha value is -2.61. The van der Waals surface area contributed by atoms with Crippen molar-refractivity contribution in [2.75, 3.05) is 19.7 Å². The number of rotatable bonds is 5. The summed E-state index contributed by atoms with van der Waals surface area (Å²) in [5.74, 6) is -0.651. The van der Waals surface area contributed by atoms with Crippen LogP contribution in [-0.4, -0.2) is 60.3 Å². The Kier molecular flexibility index (Phi) is 6.97. The maximum atomic E-state index is 12.9. The molecule has 3 rings (SSSR count). The van der Waals surface area contributed by atoms with E-state index in [-0.39, 0.29) is 31.0 Å². The molecule has 2 atom stereocenters. The van der Waals surface area contributed by atoms with Gasteiger partial charge in [-0.25, -0.2) is 4.79 Å². The number of nitrogens with one attached hydrogen (secondary N) is 2. The number of nitrogens with zero attached hydrogens (tertiary/aromatic N) is 1. The van der Waals surface area contributed by atoms with Gasteiger partial charge in [-0.3, -0.25) is 14.5 Å². The molecule has 1 fully saturated rings. The summed E-state index contributed by atoms with van der Waals surface area (Å²) >= 11 is 0. The van der Waals surface area contributed by atoms with Gasteiger partial charge < -0.3 is 20.1 Å². The molecule has 0 bridgehead atoms. The molecule has 2 aliphatic heterocycles. The lowest BCUT2D eigenvalue weighted by Crippen LogP contribution is -2.54. The van der Waals surface area contributed by atoms with E-state index in [4.69, 9.17) is 9.47 Å². The highest BCUT2D eigenvalue weighted by atomic mass is 16.6. The van der Waals surface area contributed by atoms with Crippen LogP contribution in [0.1, 0.15) is 44.7 Å². The van der Waals surface area contributed by atoms with E-state index in [1.807, 2.05) is 24.3 Å². The third-order valence-electron chi connectivity index (χ3n) is 5.15. The Bertz CT molecular complexity index is 783. The van der Waals surface area contributed by atoms with Gasteiger partial charge in [-0.2, -0.15) is 0 Å². The summed E-state index contributed by atoms with van der Waals surface area (Å²) < 4.78 is 11.0. The average Bonchev–Trinajstić information content (AvgIpc) is 3.21. The Labute approximate surface area is 177 Å². The first kappa shape index (κ1) is 22.1. The van der Waals surface area contributed by atoms with Crippen molar-refractivity contribution in [1.82, 2.24) is 15.5 Å². The first-order valence-electron chi connectivity index (χ1n) is 10.5. The van der Waals surface area contributed by atoms with Crippen LogP contribution < -0.4 is 10.6 Å². The quantitative estimate of drug-likeness (QED) is 0.761. The zero-order chi connectivity index (χ0) is 21.7. The summed E-state index contributed by atoms with van der Waals surface area (Å²) in [7, 11) is 0. The zero-order valence-corrected chi connectivity index (χ0v) is 17.9. The van der Waals surface area contributed by atoms with E-state index >= 15 is 0 Å². The number of amides is 3. The van der Waals surface area contributed by atoms with Gasteiger partial charge >= 0.3 is 6.09 Å². The van der Waals surface area contributed by atoms with Crippen molar-refractivity contribution in [2.45, 2.75) is 64.3 Å². The van der Waals surface area contributed by atoms with E-state index in [1.54, 1.807) is 20.8 Å². The standard InChI is InChI=1S/C22H31N3O5/c1-22(2,3)30-21(28)25-14-16-8-5-4-7-15(16)11-18(25)20(27)24-13-19(26)23-12-17-9-6-10-29-17/h4-5,7-8,17-18H,6,9-14H2,1-3H3,(H,23,26)(H,24,27)/t17?,18-/m0/s1. The van der Waals surface area contributed by atoms with Crippen LogP contribution in [0.2, 0.25) is 0 Å². The number of carbonyl (C=O) groups excluding carboxylic acids is 3. The fourth-order valence-electron chi connectivity index (χ4n) is 3.65. The SMILES string of the molecule is CC(C)(C)OC(=O)N1Cc2ccccc2C[C@H]1C(=O)NCC(=O)NCC1CCCO1. The molecule has 8 nitrogen and oxygen atoms in total. The fraction of sp³-hybridized carbons (Fsp3) is 0.591. The van der Waals surface area contributed by atoms with Gasteiger partial charge in [0, 0.05) is 19.6 Å². The maximum Gasteiger partial charge on any atom is 0.411 e. The predicted molar refractivity (Wildman–Crippen MR) is 111 cm³/mol. The molecule has 0 spiro atoms. The van der Waals surface area contributed by atoms with E-state index in [9.17, 15) is 14.4 Å². The number of hydrogen-bond donors (Lipinski definition) is 2. The molecular weight excluding hydrogens is 386 g/mol. The summed E-state index contributed by atoms with van der Waals surface area (Å²) in [6.45, 7) is 6.67. The van der Waals surface area contributed by atoms with E-state index < -0.39 is 17.7 Å². The second kappa shape index (κ2) is 9.47. The monoisotopic (exact) mass is 417 g/mol. The van der Waals surface area contributed by atoms with Crippen molar-refractivity contribution in [3.63, 3.8) is 0 Å². The maximum absolute atomic E-state index is 12.9. The average molecular weight is 418 g/mol. The third kappa shape index (κ3) is 5.95. The first-order chi connectivity index (χ1) is 14.2. The Morgan fingerprint density at radius 3 is 2.57 bits per heavy atom. The Morgan fingerprint density at radius 1 is 1.17 bits per heavy atom. The van der Waals surface area contributed by atoms with Crippen molar-refractivity contribution >= 4 is 17.9 Å². The van der Waals surface area contributed by atoms with E-state index in [0.29, 0.717) is 13.0 Å². The molecule has 0 radical (unpaired) electrons. The highest BCUT2D eigenvalue weighted by Crippen LogP contribution is 2.25. The van der Waals surface area contributed by atoms with Crippen LogP contribution in [0.3, 0.4) is 0 Å². The lowest BCUT2D eigenvalue weighted by Gasteiger charge is -2.36. The van der Waals surface area contributed by atoms with Crippen LogP contribution in [0.5, 0.6) is 0 Å². The molecule has 0 aromatic heterocycles. The van der Waals surface area contributed by atoms with Crippen LogP contribution in [0.25, 0.3) is 0 Å². The van der Waals surface area contributed by atoms with Crippen molar-refractivity contribution in [3.05, 3.63) is 35.4 Å². The summed E-state index contributed by atoms with van der Waals surface area (Å²) in [4.78, 5) is 39.2. The largest absolute Gasteiger partial charge is 0.444 e. The summed E-state index contributed by atoms with van der Waals surface area (Å²) in [5, 5.41) is 5.44. The van der Waals surface area contributed by atoms with Gasteiger partial charge in [-0.05, 0) is 44.7 Å². The van der Waals surface area contributed by atoms with Crippen molar-refractivity contribution in [1.29, 1.82) is 0 Å². The number of hydrogen-bond acceptors (Lipinski definition) is 5. The molecule has 164 valence electrons. The molecule has 1 unspecified atom stereocenters. The highest BCUT2D eigenvalue weighted by molar-refractivity contribution is 5.90. The van der Waals surface area contributed by atoms with Gasteiger partial charge in [0.25, 0.3) is 0 Å². The number of carbonyl (C=O) groups is 3. The second-order valence-electron chi connectivity index (χ2n) is 8.75. The van der Waals surface area contributed by atoms with E-state index in [1.165, 1.54) is 4.90 Å². The molecule has 1 aromatic rings. The minimum atomic E-state index is -0.735. The lowest BCUT2D eigenvalue weighted by atomic mass is 9.94. The van der Waals surface area contributed by atoms with Gasteiger partial charge in [-0.15, -0.1) is 0 Å². The van der Waals surface area contributed by atoms with Crippen LogP contribution in [0.15, 0.2) is 24.3 Å². The molecule has 2 N–H and O–H groups in total. The second-order valence-corrected chi connectivity index (χ2v) is 8.75. The lowest BCUT2D eigenvalue weighted by molar-refractivity contribution is -0.130. The molecular formula is C22H31N3O5. The molecule has 0 aliphatic carbocycles. The molecule has 1 saturated heterocycles. The first-order valence-corrected chi connectivity index (χ1v) is 10.5. The molecule has 2 heterocycles. The fourth-order valence-corrected chi connectivity index (χ4v) is 3.65. The normalized spacial score (nSPS) is 21.0. The number of ether oxygens (including phenoxy) is 2. The van der Waals surface area contributed by atoms with Crippen LogP contribution in [-0.2, 0) is 32.0 Å². The Balaban J connectivity index is 1.61. The van der Waals surface area contributed by atoms with Gasteiger partial charge in [0.1, 0.15) is 11.6 Å². The molecule has 30 heavy (non-hydrogen) atoms. The number of fused-ring (bicyclic) bond motifs is 1. The molecule has 3 amide bonds. The predicted octanol–water partition coefficient (Wildman–Crippen LogP) is 1.76. The van der Waals surface area contributed by atoms with E-state index in [0.717, 1.165) is 30.6 Å². The smallest absolute Gasteiger partial charge is 0.411 e. The van der Waals surface area contributed by atoms with Gasteiger partial charge in [0.15, 0.2) is 0 Å². The molecule has 2 aliphatic rings. The van der Waals surface area contributed by atoms with Crippen LogP contribution in [0.4, 0.5) is 4.79 Å². The van der Waals surface area contributed by atoms with Crippen LogP contribution in [0, 0.1) is 0 Å². The third-order valence-corrected chi connectivity index (χ3v) is 5.15. The van der Waals surface area contributed by atoms with Crippen LogP contribution >= 0.6 is 0 Å². The minimum absolute atomic E-state index is 0.0437. The van der Waals surface area contributed by atoms with Gasteiger partial charge in [0.2, 0.25) is 11.8 Å². The van der Waals surface area contributed by atoms with Crippen molar-refractivity contribution in [2.24, 2.45) is 0 Å². The minimum Gasteiger partial charge on any atom is -0.444 e. The topological polar surface area (TPSA) is 97.0 Å². The van der Waals surface area contributed by atoms with Gasteiger partial charge in [0.05, 0.1) is 19.2 Å². The molecule has 8 heteroatoms. The Morgan fingerprint density at radius 2 is 1.90 bits per heavy atom. The molecule has 1 aromatic carbocycles. The van der Waals surface area contributed by atoms with Crippen molar-refractivity contribution < 1.29 is 23.9 Å². The molecule has 0 saturated carbocycles. The summed E-state index contributed by atoms with van der Waals surface area (Å²) in [5.41, 5.74) is 1.33. The summed E-state index contributed by atoms with van der Waals surface area (Å²) in [6.07, 6.45) is 1.81.